The Hall–Kier alpha value is -2.51. The lowest BCUT2D eigenvalue weighted by molar-refractivity contribution is 1.31. The highest BCUT2D eigenvalue weighted by Gasteiger charge is 1.88. The predicted octanol–water partition coefficient (Wildman–Crippen LogP) is 2.46. The molecule has 1 heterocycles. The van der Waals surface area contributed by atoms with Gasteiger partial charge in [-0.2, -0.15) is 0 Å². The standard InChI is InChI=1S/C15H9N/c1-2-13-5-7-14(8-6-13)9-10-15-4-3-11-16-12-15/h1,3-8,11-12H. The van der Waals surface area contributed by atoms with Crippen LogP contribution in [0.4, 0.5) is 0 Å². The summed E-state index contributed by atoms with van der Waals surface area (Å²) in [5.41, 5.74) is 2.72. The first-order chi connectivity index (χ1) is 7.88. The fourth-order valence-corrected chi connectivity index (χ4v) is 1.23. The molecule has 0 aliphatic rings. The van der Waals surface area contributed by atoms with Gasteiger partial charge in [0.1, 0.15) is 0 Å². The molecular weight excluding hydrogens is 194 g/mol. The molecule has 0 atom stereocenters. The van der Waals surface area contributed by atoms with E-state index in [9.17, 15) is 0 Å². The Morgan fingerprint density at radius 1 is 0.875 bits per heavy atom. The summed E-state index contributed by atoms with van der Waals surface area (Å²) in [6.45, 7) is 0. The van der Waals surface area contributed by atoms with E-state index in [4.69, 9.17) is 6.42 Å². The van der Waals surface area contributed by atoms with Gasteiger partial charge in [0.25, 0.3) is 0 Å². The van der Waals surface area contributed by atoms with Crippen molar-refractivity contribution in [2.24, 2.45) is 0 Å². The highest BCUT2D eigenvalue weighted by molar-refractivity contribution is 5.44. The fraction of sp³-hybridized carbons (Fsp3) is 0. The van der Waals surface area contributed by atoms with Gasteiger partial charge in [0.15, 0.2) is 0 Å². The lowest BCUT2D eigenvalue weighted by Crippen LogP contribution is -1.78. The molecule has 2 aromatic rings. The SMILES string of the molecule is C#Cc1ccc(C#Cc2cccnc2)cc1. The fourth-order valence-electron chi connectivity index (χ4n) is 1.23. The molecule has 0 radical (unpaired) electrons. The molecule has 0 amide bonds. The predicted molar refractivity (Wildman–Crippen MR) is 64.6 cm³/mol. The van der Waals surface area contributed by atoms with Crippen molar-refractivity contribution in [1.82, 2.24) is 4.98 Å². The van der Waals surface area contributed by atoms with E-state index in [1.54, 1.807) is 12.4 Å². The third-order valence-electron chi connectivity index (χ3n) is 2.06. The van der Waals surface area contributed by atoms with Crippen molar-refractivity contribution < 1.29 is 0 Å². The number of pyridine rings is 1. The summed E-state index contributed by atoms with van der Waals surface area (Å²) in [5, 5.41) is 0. The van der Waals surface area contributed by atoms with E-state index in [1.165, 1.54) is 0 Å². The van der Waals surface area contributed by atoms with E-state index in [0.717, 1.165) is 16.7 Å². The van der Waals surface area contributed by atoms with Crippen LogP contribution in [0.3, 0.4) is 0 Å². The van der Waals surface area contributed by atoms with Gasteiger partial charge in [0.2, 0.25) is 0 Å². The molecule has 0 saturated carbocycles. The minimum atomic E-state index is 0.868. The minimum Gasteiger partial charge on any atom is -0.263 e. The van der Waals surface area contributed by atoms with Crippen molar-refractivity contribution in [3.8, 4) is 24.2 Å². The van der Waals surface area contributed by atoms with E-state index < -0.39 is 0 Å². The second kappa shape index (κ2) is 4.82. The maximum atomic E-state index is 5.27. The molecular formula is C15H9N. The average molecular weight is 203 g/mol. The number of rotatable bonds is 0. The van der Waals surface area contributed by atoms with E-state index >= 15 is 0 Å². The van der Waals surface area contributed by atoms with Crippen molar-refractivity contribution in [1.29, 1.82) is 0 Å². The zero-order chi connectivity index (χ0) is 11.2. The van der Waals surface area contributed by atoms with Gasteiger partial charge >= 0.3 is 0 Å². The number of aromatic nitrogens is 1. The van der Waals surface area contributed by atoms with Crippen molar-refractivity contribution in [2.75, 3.05) is 0 Å². The van der Waals surface area contributed by atoms with Crippen LogP contribution in [0.15, 0.2) is 48.8 Å². The molecule has 0 spiro atoms. The second-order valence-electron chi connectivity index (χ2n) is 3.21. The van der Waals surface area contributed by atoms with Gasteiger partial charge < -0.3 is 0 Å². The Bertz CT molecular complexity index is 563. The second-order valence-corrected chi connectivity index (χ2v) is 3.21. The normalized spacial score (nSPS) is 8.69. The monoisotopic (exact) mass is 203 g/mol. The summed E-state index contributed by atoms with van der Waals surface area (Å²) in [6.07, 6.45) is 8.74. The molecule has 0 saturated heterocycles. The Balaban J connectivity index is 2.22. The van der Waals surface area contributed by atoms with E-state index in [1.807, 2.05) is 36.4 Å². The van der Waals surface area contributed by atoms with Crippen LogP contribution < -0.4 is 0 Å². The van der Waals surface area contributed by atoms with E-state index in [-0.39, 0.29) is 0 Å². The highest BCUT2D eigenvalue weighted by Crippen LogP contribution is 2.02. The summed E-state index contributed by atoms with van der Waals surface area (Å²) < 4.78 is 0. The van der Waals surface area contributed by atoms with Crippen molar-refractivity contribution in [2.45, 2.75) is 0 Å². The average Bonchev–Trinajstić information content (AvgIpc) is 2.38. The Kier molecular flexibility index (Phi) is 3.02. The Morgan fingerprint density at radius 2 is 1.56 bits per heavy atom. The van der Waals surface area contributed by atoms with E-state index in [2.05, 4.69) is 22.7 Å². The highest BCUT2D eigenvalue weighted by atomic mass is 14.6. The van der Waals surface area contributed by atoms with Gasteiger partial charge in [-0.05, 0) is 36.4 Å². The van der Waals surface area contributed by atoms with Gasteiger partial charge in [0, 0.05) is 29.1 Å². The molecule has 1 aromatic carbocycles. The summed E-state index contributed by atoms with van der Waals surface area (Å²) in [7, 11) is 0. The quantitative estimate of drug-likeness (QED) is 0.599. The molecule has 1 heteroatoms. The molecule has 0 aliphatic heterocycles. The maximum Gasteiger partial charge on any atom is 0.0432 e. The Labute approximate surface area is 95.2 Å². The van der Waals surface area contributed by atoms with Crippen LogP contribution in [0.1, 0.15) is 16.7 Å². The first-order valence-electron chi connectivity index (χ1n) is 4.87. The van der Waals surface area contributed by atoms with Crippen molar-refractivity contribution >= 4 is 0 Å². The molecule has 2 rings (SSSR count). The van der Waals surface area contributed by atoms with Crippen molar-refractivity contribution in [3.05, 3.63) is 65.5 Å². The largest absolute Gasteiger partial charge is 0.263 e. The molecule has 0 fully saturated rings. The molecule has 74 valence electrons. The van der Waals surface area contributed by atoms with Gasteiger partial charge in [-0.1, -0.05) is 17.8 Å². The van der Waals surface area contributed by atoms with Gasteiger partial charge in [-0.3, -0.25) is 4.98 Å². The third kappa shape index (κ3) is 2.50. The van der Waals surface area contributed by atoms with Crippen LogP contribution in [-0.2, 0) is 0 Å². The Morgan fingerprint density at radius 3 is 2.19 bits per heavy atom. The first-order valence-corrected chi connectivity index (χ1v) is 4.87. The molecule has 0 bridgehead atoms. The van der Waals surface area contributed by atoms with Crippen LogP contribution in [-0.4, -0.2) is 4.98 Å². The molecule has 0 N–H and O–H groups in total. The number of nitrogens with zero attached hydrogens (tertiary/aromatic N) is 1. The van der Waals surface area contributed by atoms with Crippen molar-refractivity contribution in [3.63, 3.8) is 0 Å². The topological polar surface area (TPSA) is 12.9 Å². The smallest absolute Gasteiger partial charge is 0.0432 e. The summed E-state index contributed by atoms with van der Waals surface area (Å²) in [4.78, 5) is 4.00. The third-order valence-corrected chi connectivity index (χ3v) is 2.06. The molecule has 1 nitrogen and oxygen atoms in total. The van der Waals surface area contributed by atoms with Gasteiger partial charge in [0.05, 0.1) is 0 Å². The van der Waals surface area contributed by atoms with E-state index in [0.29, 0.717) is 0 Å². The number of terminal acetylenes is 1. The maximum absolute atomic E-state index is 5.27. The molecule has 0 aliphatic carbocycles. The van der Waals surface area contributed by atoms with Crippen LogP contribution in [0.2, 0.25) is 0 Å². The zero-order valence-electron chi connectivity index (χ0n) is 8.64. The van der Waals surface area contributed by atoms with Gasteiger partial charge in [-0.15, -0.1) is 6.42 Å². The first kappa shape index (κ1) is 10.0. The number of hydrogen-bond donors (Lipinski definition) is 0. The molecule has 1 aromatic heterocycles. The van der Waals surface area contributed by atoms with Gasteiger partial charge in [-0.25, -0.2) is 0 Å². The lowest BCUT2D eigenvalue weighted by Gasteiger charge is -1.91. The van der Waals surface area contributed by atoms with Crippen LogP contribution in [0.5, 0.6) is 0 Å². The van der Waals surface area contributed by atoms with Crippen LogP contribution >= 0.6 is 0 Å². The minimum absolute atomic E-state index is 0.868. The molecule has 0 unspecified atom stereocenters. The summed E-state index contributed by atoms with van der Waals surface area (Å²) in [5.74, 6) is 8.66. The van der Waals surface area contributed by atoms with Crippen LogP contribution in [0.25, 0.3) is 0 Å². The van der Waals surface area contributed by atoms with Crippen LogP contribution in [0, 0.1) is 24.2 Å². The lowest BCUT2D eigenvalue weighted by atomic mass is 10.1. The summed E-state index contributed by atoms with van der Waals surface area (Å²) in [6, 6.07) is 11.4. The summed E-state index contributed by atoms with van der Waals surface area (Å²) >= 11 is 0. The number of benzene rings is 1. The number of hydrogen-bond acceptors (Lipinski definition) is 1. The zero-order valence-corrected chi connectivity index (χ0v) is 8.64. The molecule has 16 heavy (non-hydrogen) atoms.